The van der Waals surface area contributed by atoms with Crippen LogP contribution >= 0.6 is 0 Å². The Morgan fingerprint density at radius 1 is 1.50 bits per heavy atom. The predicted molar refractivity (Wildman–Crippen MR) is 56.4 cm³/mol. The van der Waals surface area contributed by atoms with E-state index in [-0.39, 0.29) is 11.7 Å². The van der Waals surface area contributed by atoms with E-state index in [0.717, 1.165) is 18.5 Å². The zero-order valence-corrected chi connectivity index (χ0v) is 8.73. The average Bonchev–Trinajstić information content (AvgIpc) is 2.09. The Labute approximate surface area is 84.0 Å². The third kappa shape index (κ3) is 3.00. The molecule has 1 N–H and O–H groups in total. The van der Waals surface area contributed by atoms with E-state index in [1.807, 2.05) is 13.0 Å². The predicted octanol–water partition coefficient (Wildman–Crippen LogP) is 1.32. The van der Waals surface area contributed by atoms with Crippen LogP contribution in [-0.4, -0.2) is 15.8 Å². The van der Waals surface area contributed by atoms with Crippen molar-refractivity contribution in [1.29, 1.82) is 0 Å². The molecule has 0 spiro atoms. The molecule has 1 heterocycles. The van der Waals surface area contributed by atoms with Gasteiger partial charge in [0.1, 0.15) is 0 Å². The van der Waals surface area contributed by atoms with E-state index in [2.05, 4.69) is 0 Å². The van der Waals surface area contributed by atoms with Crippen LogP contribution < -0.4 is 5.56 Å². The Hall–Kier alpha value is -1.09. The molecular formula is C11H17NO2. The quantitative estimate of drug-likeness (QED) is 0.787. The first-order chi connectivity index (χ1) is 6.61. The molecule has 0 amide bonds. The molecule has 1 aromatic rings. The summed E-state index contributed by atoms with van der Waals surface area (Å²) < 4.78 is 1.74. The highest BCUT2D eigenvalue weighted by Crippen LogP contribution is 2.00. The van der Waals surface area contributed by atoms with Crippen molar-refractivity contribution in [2.45, 2.75) is 39.3 Å². The van der Waals surface area contributed by atoms with Crippen LogP contribution in [0.4, 0.5) is 0 Å². The molecule has 0 aliphatic heterocycles. The van der Waals surface area contributed by atoms with E-state index in [1.54, 1.807) is 23.6 Å². The molecule has 0 bridgehead atoms. The lowest BCUT2D eigenvalue weighted by molar-refractivity contribution is 0.179. The first kappa shape index (κ1) is 11.0. The lowest BCUT2D eigenvalue weighted by Gasteiger charge is -2.09. The van der Waals surface area contributed by atoms with Gasteiger partial charge in [0.2, 0.25) is 0 Å². The third-order valence-corrected chi connectivity index (χ3v) is 2.27. The van der Waals surface area contributed by atoms with Gasteiger partial charge >= 0.3 is 0 Å². The molecule has 1 unspecified atom stereocenters. The van der Waals surface area contributed by atoms with Gasteiger partial charge in [-0.15, -0.1) is 0 Å². The molecule has 1 atom stereocenters. The second-order valence-electron chi connectivity index (χ2n) is 3.65. The molecule has 3 heteroatoms. The van der Waals surface area contributed by atoms with Crippen LogP contribution in [0.2, 0.25) is 0 Å². The minimum atomic E-state index is -0.283. The molecular weight excluding hydrogens is 178 g/mol. The van der Waals surface area contributed by atoms with Crippen LogP contribution in [0, 0.1) is 6.92 Å². The number of rotatable bonds is 4. The summed E-state index contributed by atoms with van der Waals surface area (Å²) in [4.78, 5) is 11.4. The lowest BCUT2D eigenvalue weighted by Crippen LogP contribution is -2.21. The van der Waals surface area contributed by atoms with Crippen molar-refractivity contribution >= 4 is 0 Å². The number of aliphatic hydroxyl groups excluding tert-OH is 1. The van der Waals surface area contributed by atoms with Gasteiger partial charge in [-0.2, -0.15) is 0 Å². The van der Waals surface area contributed by atoms with Crippen molar-refractivity contribution in [2.75, 3.05) is 0 Å². The van der Waals surface area contributed by atoms with Gasteiger partial charge in [0, 0.05) is 18.3 Å². The summed E-state index contributed by atoms with van der Waals surface area (Å²) in [6, 6.07) is 5.25. The van der Waals surface area contributed by atoms with Gasteiger partial charge in [0.15, 0.2) is 0 Å². The zero-order valence-electron chi connectivity index (χ0n) is 8.73. The van der Waals surface area contributed by atoms with Gasteiger partial charge in [0.25, 0.3) is 5.56 Å². The van der Waals surface area contributed by atoms with Gasteiger partial charge in [0.05, 0.1) is 6.10 Å². The second-order valence-corrected chi connectivity index (χ2v) is 3.65. The van der Waals surface area contributed by atoms with Crippen molar-refractivity contribution < 1.29 is 5.11 Å². The zero-order chi connectivity index (χ0) is 10.6. The number of aromatic nitrogens is 1. The monoisotopic (exact) mass is 195 g/mol. The van der Waals surface area contributed by atoms with Crippen molar-refractivity contribution in [3.63, 3.8) is 0 Å². The van der Waals surface area contributed by atoms with Crippen LogP contribution in [0.5, 0.6) is 0 Å². The topological polar surface area (TPSA) is 42.2 Å². The maximum absolute atomic E-state index is 11.4. The standard InChI is InChI=1S/C11H17NO2/c1-9-5-3-7-11(14)12(9)8-4-6-10(2)13/h3,5,7,10,13H,4,6,8H2,1-2H3. The second kappa shape index (κ2) is 4.96. The van der Waals surface area contributed by atoms with Gasteiger partial charge in [-0.1, -0.05) is 6.07 Å². The van der Waals surface area contributed by atoms with E-state index in [9.17, 15) is 4.79 Å². The first-order valence-electron chi connectivity index (χ1n) is 4.96. The molecule has 0 saturated heterocycles. The Balaban J connectivity index is 2.63. The molecule has 0 aromatic carbocycles. The van der Waals surface area contributed by atoms with Gasteiger partial charge in [-0.3, -0.25) is 4.79 Å². The number of hydrogen-bond acceptors (Lipinski definition) is 2. The third-order valence-electron chi connectivity index (χ3n) is 2.27. The summed E-state index contributed by atoms with van der Waals surface area (Å²) in [6.07, 6.45) is 1.29. The van der Waals surface area contributed by atoms with Crippen LogP contribution in [0.1, 0.15) is 25.5 Å². The van der Waals surface area contributed by atoms with Crippen molar-refractivity contribution in [3.8, 4) is 0 Å². The maximum atomic E-state index is 11.4. The van der Waals surface area contributed by atoms with E-state index in [1.165, 1.54) is 0 Å². The van der Waals surface area contributed by atoms with E-state index in [4.69, 9.17) is 5.11 Å². The lowest BCUT2D eigenvalue weighted by atomic mass is 10.2. The van der Waals surface area contributed by atoms with Gasteiger partial charge in [-0.05, 0) is 32.8 Å². The molecule has 78 valence electrons. The summed E-state index contributed by atoms with van der Waals surface area (Å²) in [5.41, 5.74) is 1.01. The van der Waals surface area contributed by atoms with Crippen molar-refractivity contribution in [2.24, 2.45) is 0 Å². The molecule has 0 aliphatic rings. The largest absolute Gasteiger partial charge is 0.393 e. The molecule has 0 saturated carbocycles. The Bertz CT molecular complexity index is 341. The molecule has 0 aliphatic carbocycles. The Morgan fingerprint density at radius 3 is 2.79 bits per heavy atom. The van der Waals surface area contributed by atoms with Crippen molar-refractivity contribution in [3.05, 3.63) is 34.2 Å². The number of aryl methyl sites for hydroxylation is 1. The molecule has 1 aromatic heterocycles. The van der Waals surface area contributed by atoms with Gasteiger partial charge < -0.3 is 9.67 Å². The summed E-state index contributed by atoms with van der Waals surface area (Å²) in [5.74, 6) is 0. The number of aliphatic hydroxyl groups is 1. The summed E-state index contributed by atoms with van der Waals surface area (Å²) in [7, 11) is 0. The van der Waals surface area contributed by atoms with E-state index in [0.29, 0.717) is 6.54 Å². The minimum Gasteiger partial charge on any atom is -0.393 e. The Kier molecular flexibility index (Phi) is 3.89. The number of pyridine rings is 1. The van der Waals surface area contributed by atoms with Crippen LogP contribution in [0.3, 0.4) is 0 Å². The minimum absolute atomic E-state index is 0.0376. The summed E-state index contributed by atoms with van der Waals surface area (Å²) in [6.45, 7) is 4.38. The number of nitrogens with zero attached hydrogens (tertiary/aromatic N) is 1. The fraction of sp³-hybridized carbons (Fsp3) is 0.545. The molecule has 1 rings (SSSR count). The molecule has 14 heavy (non-hydrogen) atoms. The normalized spacial score (nSPS) is 12.8. The van der Waals surface area contributed by atoms with Crippen LogP contribution in [0.25, 0.3) is 0 Å². The summed E-state index contributed by atoms with van der Waals surface area (Å²) in [5, 5.41) is 9.08. The number of hydrogen-bond donors (Lipinski definition) is 1. The molecule has 0 radical (unpaired) electrons. The summed E-state index contributed by atoms with van der Waals surface area (Å²) >= 11 is 0. The Morgan fingerprint density at radius 2 is 2.21 bits per heavy atom. The first-order valence-corrected chi connectivity index (χ1v) is 4.96. The van der Waals surface area contributed by atoms with Crippen molar-refractivity contribution in [1.82, 2.24) is 4.57 Å². The van der Waals surface area contributed by atoms with Crippen LogP contribution in [-0.2, 0) is 6.54 Å². The fourth-order valence-electron chi connectivity index (χ4n) is 1.45. The van der Waals surface area contributed by atoms with E-state index >= 15 is 0 Å². The highest BCUT2D eigenvalue weighted by Gasteiger charge is 2.00. The van der Waals surface area contributed by atoms with E-state index < -0.39 is 0 Å². The van der Waals surface area contributed by atoms with Crippen LogP contribution in [0.15, 0.2) is 23.0 Å². The molecule has 0 fully saturated rings. The highest BCUT2D eigenvalue weighted by molar-refractivity contribution is 5.04. The smallest absolute Gasteiger partial charge is 0.250 e. The SMILES string of the molecule is Cc1cccc(=O)n1CCCC(C)O. The maximum Gasteiger partial charge on any atom is 0.250 e. The average molecular weight is 195 g/mol. The highest BCUT2D eigenvalue weighted by atomic mass is 16.3. The fourth-order valence-corrected chi connectivity index (χ4v) is 1.45. The van der Waals surface area contributed by atoms with Gasteiger partial charge in [-0.25, -0.2) is 0 Å². The molecule has 3 nitrogen and oxygen atoms in total.